The maximum atomic E-state index is 12.9. The largest absolute Gasteiger partial charge is 0.396 e. The third-order valence-electron chi connectivity index (χ3n) is 4.67. The van der Waals surface area contributed by atoms with Gasteiger partial charge in [-0.05, 0) is 62.8 Å². The van der Waals surface area contributed by atoms with Crippen molar-refractivity contribution in [2.75, 3.05) is 6.61 Å². The molecule has 1 aliphatic carbocycles. The first-order valence-corrected chi connectivity index (χ1v) is 10.1. The summed E-state index contributed by atoms with van der Waals surface area (Å²) in [6, 6.07) is 8.17. The number of hydrogen-bond acceptors (Lipinski definition) is 4. The molecule has 0 bridgehead atoms. The normalized spacial score (nSPS) is 19.9. The number of carbonyl (C=O) groups excluding carboxylic acids is 1. The van der Waals surface area contributed by atoms with Gasteiger partial charge in [-0.3, -0.25) is 4.79 Å². The van der Waals surface area contributed by atoms with Gasteiger partial charge in [-0.2, -0.15) is 0 Å². The summed E-state index contributed by atoms with van der Waals surface area (Å²) in [5, 5.41) is 9.05. The first-order chi connectivity index (χ1) is 11.7. The summed E-state index contributed by atoms with van der Waals surface area (Å²) >= 11 is 3.28. The van der Waals surface area contributed by atoms with E-state index in [-0.39, 0.29) is 12.5 Å². The SMILES string of the molecule is CC#Cc1ccc(-c2ccc(C(=O)C3CCCC3CCCO)s2)s1. The van der Waals surface area contributed by atoms with Crippen LogP contribution in [0.5, 0.6) is 0 Å². The van der Waals surface area contributed by atoms with Crippen molar-refractivity contribution < 1.29 is 9.90 Å². The van der Waals surface area contributed by atoms with Gasteiger partial charge in [0.15, 0.2) is 5.78 Å². The fourth-order valence-electron chi connectivity index (χ4n) is 3.53. The molecule has 2 aromatic heterocycles. The summed E-state index contributed by atoms with van der Waals surface area (Å²) < 4.78 is 0. The van der Waals surface area contributed by atoms with Crippen LogP contribution in [-0.2, 0) is 0 Å². The van der Waals surface area contributed by atoms with Gasteiger partial charge in [-0.25, -0.2) is 0 Å². The predicted molar refractivity (Wildman–Crippen MR) is 102 cm³/mol. The quantitative estimate of drug-likeness (QED) is 0.568. The Bertz CT molecular complexity index is 760. The summed E-state index contributed by atoms with van der Waals surface area (Å²) in [5.41, 5.74) is 0. The molecule has 0 spiro atoms. The summed E-state index contributed by atoms with van der Waals surface area (Å²) in [4.78, 5) is 17.2. The van der Waals surface area contributed by atoms with Gasteiger partial charge in [0.05, 0.1) is 9.75 Å². The van der Waals surface area contributed by atoms with Crippen LogP contribution in [0.3, 0.4) is 0 Å². The zero-order valence-corrected chi connectivity index (χ0v) is 15.5. The summed E-state index contributed by atoms with van der Waals surface area (Å²) in [5.74, 6) is 6.90. The van der Waals surface area contributed by atoms with E-state index in [0.29, 0.717) is 11.7 Å². The molecule has 2 aromatic rings. The van der Waals surface area contributed by atoms with Crippen molar-refractivity contribution in [2.45, 2.75) is 39.0 Å². The predicted octanol–water partition coefficient (Wildman–Crippen LogP) is 5.22. The van der Waals surface area contributed by atoms with Crippen LogP contribution in [-0.4, -0.2) is 17.5 Å². The minimum atomic E-state index is 0.146. The van der Waals surface area contributed by atoms with Crippen molar-refractivity contribution in [3.05, 3.63) is 34.0 Å². The van der Waals surface area contributed by atoms with Crippen LogP contribution >= 0.6 is 22.7 Å². The number of thiophene rings is 2. The lowest BCUT2D eigenvalue weighted by molar-refractivity contribution is 0.0887. The van der Waals surface area contributed by atoms with Crippen LogP contribution in [0.15, 0.2) is 24.3 Å². The Morgan fingerprint density at radius 1 is 1.21 bits per heavy atom. The Morgan fingerprint density at radius 2 is 2.00 bits per heavy atom. The lowest BCUT2D eigenvalue weighted by atomic mass is 9.88. The molecule has 24 heavy (non-hydrogen) atoms. The van der Waals surface area contributed by atoms with E-state index in [4.69, 9.17) is 5.11 Å². The monoisotopic (exact) mass is 358 g/mol. The van der Waals surface area contributed by atoms with Crippen LogP contribution in [0.4, 0.5) is 0 Å². The standard InChI is InChI=1S/C20H22O2S2/c1-2-5-15-9-10-17(23-15)18-11-12-19(24-18)20(22)16-8-3-6-14(16)7-4-13-21/h9-12,14,16,21H,3-4,6-8,13H2,1H3. The Morgan fingerprint density at radius 3 is 2.79 bits per heavy atom. The van der Waals surface area contributed by atoms with Crippen molar-refractivity contribution in [1.82, 2.24) is 0 Å². The highest BCUT2D eigenvalue weighted by atomic mass is 32.1. The van der Waals surface area contributed by atoms with Gasteiger partial charge in [0.1, 0.15) is 0 Å². The van der Waals surface area contributed by atoms with Crippen LogP contribution in [0.1, 0.15) is 53.6 Å². The van der Waals surface area contributed by atoms with E-state index in [0.717, 1.165) is 46.7 Å². The van der Waals surface area contributed by atoms with E-state index in [9.17, 15) is 4.79 Å². The number of hydrogen-bond donors (Lipinski definition) is 1. The van der Waals surface area contributed by atoms with E-state index in [1.165, 1.54) is 4.88 Å². The smallest absolute Gasteiger partial charge is 0.176 e. The highest BCUT2D eigenvalue weighted by molar-refractivity contribution is 7.23. The van der Waals surface area contributed by atoms with Gasteiger partial charge < -0.3 is 5.11 Å². The van der Waals surface area contributed by atoms with Gasteiger partial charge in [-0.1, -0.05) is 12.3 Å². The second-order valence-corrected chi connectivity index (χ2v) is 8.40. The topological polar surface area (TPSA) is 37.3 Å². The van der Waals surface area contributed by atoms with Crippen molar-refractivity contribution in [1.29, 1.82) is 0 Å². The van der Waals surface area contributed by atoms with E-state index in [2.05, 4.69) is 24.0 Å². The van der Waals surface area contributed by atoms with Crippen LogP contribution in [0.2, 0.25) is 0 Å². The number of Topliss-reactive ketones (excluding diaryl/α,β-unsaturated/α-hetero) is 1. The summed E-state index contributed by atoms with van der Waals surface area (Å²) in [7, 11) is 0. The van der Waals surface area contributed by atoms with Crippen molar-refractivity contribution >= 4 is 28.5 Å². The van der Waals surface area contributed by atoms with Gasteiger partial charge in [0.25, 0.3) is 0 Å². The fourth-order valence-corrected chi connectivity index (χ4v) is 5.54. The maximum absolute atomic E-state index is 12.9. The van der Waals surface area contributed by atoms with Crippen LogP contribution in [0, 0.1) is 23.7 Å². The fraction of sp³-hybridized carbons (Fsp3) is 0.450. The molecular formula is C20H22O2S2. The van der Waals surface area contributed by atoms with Crippen molar-refractivity contribution in [3.8, 4) is 21.6 Å². The molecule has 2 unspecified atom stereocenters. The number of ketones is 1. The molecule has 3 rings (SSSR count). The molecule has 0 saturated heterocycles. The molecule has 0 aromatic carbocycles. The average Bonchev–Trinajstić information content (AvgIpc) is 3.32. The molecule has 4 heteroatoms. The Hall–Kier alpha value is -1.41. The highest BCUT2D eigenvalue weighted by Crippen LogP contribution is 2.40. The lowest BCUT2D eigenvalue weighted by Gasteiger charge is -2.17. The molecular weight excluding hydrogens is 336 g/mol. The van der Waals surface area contributed by atoms with E-state index < -0.39 is 0 Å². The third-order valence-corrected chi connectivity index (χ3v) is 6.97. The van der Waals surface area contributed by atoms with Gasteiger partial charge in [0, 0.05) is 22.3 Å². The second kappa shape index (κ2) is 8.11. The molecule has 2 heterocycles. The Balaban J connectivity index is 1.74. The lowest BCUT2D eigenvalue weighted by Crippen LogP contribution is -2.18. The van der Waals surface area contributed by atoms with E-state index >= 15 is 0 Å². The Kier molecular flexibility index (Phi) is 5.89. The molecule has 126 valence electrons. The van der Waals surface area contributed by atoms with Crippen molar-refractivity contribution in [3.63, 3.8) is 0 Å². The zero-order valence-electron chi connectivity index (χ0n) is 13.9. The maximum Gasteiger partial charge on any atom is 0.176 e. The zero-order chi connectivity index (χ0) is 16.9. The molecule has 0 amide bonds. The van der Waals surface area contributed by atoms with E-state index in [1.54, 1.807) is 22.7 Å². The summed E-state index contributed by atoms with van der Waals surface area (Å²) in [6.07, 6.45) is 5.03. The highest BCUT2D eigenvalue weighted by Gasteiger charge is 2.33. The summed E-state index contributed by atoms with van der Waals surface area (Å²) in [6.45, 7) is 2.07. The van der Waals surface area contributed by atoms with E-state index in [1.807, 2.05) is 19.1 Å². The minimum Gasteiger partial charge on any atom is -0.396 e. The molecule has 1 N–H and O–H groups in total. The number of aliphatic hydroxyl groups is 1. The number of rotatable bonds is 6. The first kappa shape index (κ1) is 17.4. The van der Waals surface area contributed by atoms with Gasteiger partial charge >= 0.3 is 0 Å². The van der Waals surface area contributed by atoms with Crippen molar-refractivity contribution in [2.24, 2.45) is 11.8 Å². The first-order valence-electron chi connectivity index (χ1n) is 8.50. The molecule has 1 aliphatic rings. The van der Waals surface area contributed by atoms with Gasteiger partial charge in [0.2, 0.25) is 0 Å². The number of carbonyl (C=O) groups is 1. The molecule has 1 saturated carbocycles. The van der Waals surface area contributed by atoms with Crippen LogP contribution < -0.4 is 0 Å². The molecule has 0 aliphatic heterocycles. The molecule has 0 radical (unpaired) electrons. The average molecular weight is 359 g/mol. The third kappa shape index (κ3) is 3.80. The second-order valence-electron chi connectivity index (χ2n) is 6.23. The molecule has 2 nitrogen and oxygen atoms in total. The minimum absolute atomic E-state index is 0.146. The molecule has 1 fully saturated rings. The molecule has 2 atom stereocenters. The Labute approximate surface area is 151 Å². The van der Waals surface area contributed by atoms with Crippen LogP contribution in [0.25, 0.3) is 9.75 Å². The van der Waals surface area contributed by atoms with Gasteiger partial charge in [-0.15, -0.1) is 28.6 Å². The number of aliphatic hydroxyl groups excluding tert-OH is 1.